The topological polar surface area (TPSA) is 75.7 Å². The standard InChI is InChI=1S/C21H20ClF3N6O2/c22-18-17(20(33)28-7-8-30(16(32)11-28)13-3-1-2-4-13)27-19-15(21(23,24)25)9-14(10-31(18)19)29-6-5-26-12-29/h5-6,9-10,12-13H,1-4,7-8,11H2. The van der Waals surface area contributed by atoms with Gasteiger partial charge in [0, 0.05) is 37.7 Å². The lowest BCUT2D eigenvalue weighted by atomic mass is 10.1. The number of rotatable bonds is 3. The first-order valence-electron chi connectivity index (χ1n) is 10.6. The average Bonchev–Trinajstić information content (AvgIpc) is 3.54. The second-order valence-corrected chi connectivity index (χ2v) is 8.63. The van der Waals surface area contributed by atoms with E-state index < -0.39 is 23.3 Å². The van der Waals surface area contributed by atoms with E-state index in [-0.39, 0.29) is 41.6 Å². The number of nitrogens with zero attached hydrogens (tertiary/aromatic N) is 6. The fraction of sp³-hybridized carbons (Fsp3) is 0.429. The highest BCUT2D eigenvalue weighted by Gasteiger charge is 2.38. The molecule has 0 radical (unpaired) electrons. The van der Waals surface area contributed by atoms with Crippen molar-refractivity contribution in [3.63, 3.8) is 0 Å². The summed E-state index contributed by atoms with van der Waals surface area (Å²) in [4.78, 5) is 36.7. The van der Waals surface area contributed by atoms with Crippen LogP contribution in [-0.2, 0) is 11.0 Å². The molecule has 5 rings (SSSR count). The summed E-state index contributed by atoms with van der Waals surface area (Å²) >= 11 is 6.36. The molecule has 0 spiro atoms. The van der Waals surface area contributed by atoms with Gasteiger partial charge in [0.1, 0.15) is 17.3 Å². The molecule has 0 bridgehead atoms. The summed E-state index contributed by atoms with van der Waals surface area (Å²) in [7, 11) is 0. The maximum absolute atomic E-state index is 13.8. The lowest BCUT2D eigenvalue weighted by Gasteiger charge is -2.37. The summed E-state index contributed by atoms with van der Waals surface area (Å²) in [5, 5.41) is -0.242. The van der Waals surface area contributed by atoms with Gasteiger partial charge >= 0.3 is 6.18 Å². The van der Waals surface area contributed by atoms with Crippen LogP contribution in [0.2, 0.25) is 5.15 Å². The van der Waals surface area contributed by atoms with Crippen LogP contribution in [0.5, 0.6) is 0 Å². The largest absolute Gasteiger partial charge is 0.420 e. The van der Waals surface area contributed by atoms with Crippen LogP contribution in [0.3, 0.4) is 0 Å². The molecular formula is C21H20ClF3N6O2. The molecule has 4 heterocycles. The van der Waals surface area contributed by atoms with Gasteiger partial charge in [0.25, 0.3) is 5.91 Å². The van der Waals surface area contributed by atoms with E-state index in [4.69, 9.17) is 11.6 Å². The Morgan fingerprint density at radius 1 is 1.18 bits per heavy atom. The van der Waals surface area contributed by atoms with Crippen LogP contribution in [-0.4, -0.2) is 66.2 Å². The van der Waals surface area contributed by atoms with Crippen molar-refractivity contribution in [3.05, 3.63) is 47.4 Å². The van der Waals surface area contributed by atoms with Gasteiger partial charge in [-0.2, -0.15) is 13.2 Å². The van der Waals surface area contributed by atoms with Gasteiger partial charge in [0.15, 0.2) is 11.3 Å². The molecule has 2 aliphatic rings. The number of halogens is 4. The molecule has 2 amide bonds. The number of aromatic nitrogens is 4. The summed E-state index contributed by atoms with van der Waals surface area (Å²) in [6, 6.07) is 1.13. The fourth-order valence-corrected chi connectivity index (χ4v) is 4.86. The van der Waals surface area contributed by atoms with E-state index in [2.05, 4.69) is 9.97 Å². The second-order valence-electron chi connectivity index (χ2n) is 8.28. The maximum atomic E-state index is 13.8. The van der Waals surface area contributed by atoms with Crippen molar-refractivity contribution in [2.45, 2.75) is 37.9 Å². The molecule has 33 heavy (non-hydrogen) atoms. The number of carbonyl (C=O) groups is 2. The van der Waals surface area contributed by atoms with Crippen LogP contribution in [0.15, 0.2) is 31.0 Å². The summed E-state index contributed by atoms with van der Waals surface area (Å²) in [5.74, 6) is -0.833. The van der Waals surface area contributed by atoms with Crippen LogP contribution in [0, 0.1) is 0 Å². The van der Waals surface area contributed by atoms with E-state index in [1.165, 1.54) is 34.4 Å². The number of alkyl halides is 3. The number of amides is 2. The average molecular weight is 481 g/mol. The van der Waals surface area contributed by atoms with Crippen LogP contribution >= 0.6 is 11.6 Å². The number of hydrogen-bond acceptors (Lipinski definition) is 4. The molecule has 3 aromatic heterocycles. The van der Waals surface area contributed by atoms with Crippen molar-refractivity contribution < 1.29 is 22.8 Å². The minimum Gasteiger partial charge on any atom is -0.336 e. The minimum absolute atomic E-state index is 0.147. The summed E-state index contributed by atoms with van der Waals surface area (Å²) in [6.07, 6.45) is 4.99. The quantitative estimate of drug-likeness (QED) is 0.575. The van der Waals surface area contributed by atoms with Crippen molar-refractivity contribution in [2.24, 2.45) is 0 Å². The Kier molecular flexibility index (Phi) is 5.31. The van der Waals surface area contributed by atoms with E-state index >= 15 is 0 Å². The molecule has 12 heteroatoms. The van der Waals surface area contributed by atoms with E-state index in [1.807, 2.05) is 0 Å². The number of fused-ring (bicyclic) bond motifs is 1. The normalized spacial score (nSPS) is 18.0. The number of imidazole rings is 2. The molecule has 1 aliphatic carbocycles. The van der Waals surface area contributed by atoms with Gasteiger partial charge in [-0.05, 0) is 18.9 Å². The molecule has 174 valence electrons. The summed E-state index contributed by atoms with van der Waals surface area (Å²) < 4.78 is 43.9. The summed E-state index contributed by atoms with van der Waals surface area (Å²) in [5.41, 5.74) is -1.66. The van der Waals surface area contributed by atoms with Crippen molar-refractivity contribution in [2.75, 3.05) is 19.6 Å². The Balaban J connectivity index is 1.49. The number of pyridine rings is 1. The third-order valence-corrected chi connectivity index (χ3v) is 6.63. The fourth-order valence-electron chi connectivity index (χ4n) is 4.61. The number of hydrogen-bond donors (Lipinski definition) is 0. The molecule has 1 aliphatic heterocycles. The number of piperazine rings is 1. The van der Waals surface area contributed by atoms with Gasteiger partial charge in [-0.25, -0.2) is 9.97 Å². The first kappa shape index (κ1) is 21.7. The van der Waals surface area contributed by atoms with Crippen LogP contribution in [0.4, 0.5) is 13.2 Å². The number of carbonyl (C=O) groups excluding carboxylic acids is 2. The van der Waals surface area contributed by atoms with E-state index in [9.17, 15) is 22.8 Å². The zero-order valence-electron chi connectivity index (χ0n) is 17.4. The van der Waals surface area contributed by atoms with Gasteiger partial charge < -0.3 is 14.4 Å². The van der Waals surface area contributed by atoms with Crippen LogP contribution in [0.25, 0.3) is 11.3 Å². The Morgan fingerprint density at radius 3 is 2.58 bits per heavy atom. The monoisotopic (exact) mass is 480 g/mol. The first-order valence-corrected chi connectivity index (χ1v) is 11.0. The highest BCUT2D eigenvalue weighted by Crippen LogP contribution is 2.36. The highest BCUT2D eigenvalue weighted by atomic mass is 35.5. The van der Waals surface area contributed by atoms with Crippen molar-refractivity contribution >= 4 is 29.1 Å². The Labute approximate surface area is 191 Å². The van der Waals surface area contributed by atoms with Gasteiger partial charge in [-0.15, -0.1) is 0 Å². The molecule has 1 saturated heterocycles. The molecule has 0 N–H and O–H groups in total. The van der Waals surface area contributed by atoms with E-state index in [0.29, 0.717) is 6.54 Å². The first-order chi connectivity index (χ1) is 15.7. The molecule has 0 unspecified atom stereocenters. The third-order valence-electron chi connectivity index (χ3n) is 6.27. The third kappa shape index (κ3) is 3.84. The van der Waals surface area contributed by atoms with Crippen molar-refractivity contribution in [1.82, 2.24) is 28.7 Å². The van der Waals surface area contributed by atoms with Gasteiger partial charge in [0.2, 0.25) is 5.91 Å². The molecular weight excluding hydrogens is 461 g/mol. The molecule has 0 aromatic carbocycles. The molecule has 8 nitrogen and oxygen atoms in total. The smallest absolute Gasteiger partial charge is 0.336 e. The SMILES string of the molecule is O=C(c1nc2c(C(F)(F)F)cc(-n3ccnc3)cn2c1Cl)N1CCN(C2CCCC2)C(=O)C1. The minimum atomic E-state index is -4.73. The van der Waals surface area contributed by atoms with Crippen molar-refractivity contribution in [3.8, 4) is 5.69 Å². The molecule has 0 atom stereocenters. The molecule has 1 saturated carbocycles. The zero-order chi connectivity index (χ0) is 23.3. The van der Waals surface area contributed by atoms with E-state index in [0.717, 1.165) is 36.2 Å². The second kappa shape index (κ2) is 8.05. The Morgan fingerprint density at radius 2 is 1.94 bits per heavy atom. The highest BCUT2D eigenvalue weighted by molar-refractivity contribution is 6.33. The van der Waals surface area contributed by atoms with Crippen LogP contribution < -0.4 is 0 Å². The Hall–Kier alpha value is -3.08. The lowest BCUT2D eigenvalue weighted by Crippen LogP contribution is -2.55. The Bertz CT molecular complexity index is 1220. The maximum Gasteiger partial charge on any atom is 0.420 e. The predicted molar refractivity (Wildman–Crippen MR) is 112 cm³/mol. The van der Waals surface area contributed by atoms with Gasteiger partial charge in [-0.3, -0.25) is 14.0 Å². The summed E-state index contributed by atoms with van der Waals surface area (Å²) in [6.45, 7) is 0.516. The molecule has 3 aromatic rings. The molecule has 2 fully saturated rings. The van der Waals surface area contributed by atoms with Gasteiger partial charge in [0.05, 0.1) is 12.0 Å². The predicted octanol–water partition coefficient (Wildman–Crippen LogP) is 3.42. The zero-order valence-corrected chi connectivity index (χ0v) is 18.2. The van der Waals surface area contributed by atoms with Crippen LogP contribution in [0.1, 0.15) is 41.7 Å². The van der Waals surface area contributed by atoms with E-state index in [1.54, 1.807) is 4.90 Å². The van der Waals surface area contributed by atoms with Gasteiger partial charge in [-0.1, -0.05) is 24.4 Å². The lowest BCUT2D eigenvalue weighted by molar-refractivity contribution is -0.137. The van der Waals surface area contributed by atoms with Crippen molar-refractivity contribution in [1.29, 1.82) is 0 Å².